The molecule has 2 rings (SSSR count). The fourth-order valence-corrected chi connectivity index (χ4v) is 4.23. The smallest absolute Gasteiger partial charge is 0.303 e. The topological polar surface area (TPSA) is 26.3 Å². The minimum Gasteiger partial charge on any atom is -0.528 e. The van der Waals surface area contributed by atoms with E-state index in [0.717, 1.165) is 31.2 Å². The van der Waals surface area contributed by atoms with Crippen LogP contribution in [0.15, 0.2) is 60.7 Å². The Morgan fingerprint density at radius 1 is 1.00 bits per heavy atom. The van der Waals surface area contributed by atoms with Gasteiger partial charge in [-0.25, -0.2) is 0 Å². The van der Waals surface area contributed by atoms with Crippen molar-refractivity contribution in [3.63, 3.8) is 0 Å². The molecule has 2 aromatic rings. The maximum absolute atomic E-state index is 13.1. The molecule has 128 valence electrons. The molecule has 2 atom stereocenters. The lowest BCUT2D eigenvalue weighted by molar-refractivity contribution is -0.142. The van der Waals surface area contributed by atoms with E-state index in [4.69, 9.17) is 4.43 Å². The van der Waals surface area contributed by atoms with Crippen molar-refractivity contribution in [2.75, 3.05) is 0 Å². The molecule has 0 saturated carbocycles. The van der Waals surface area contributed by atoms with E-state index in [0.29, 0.717) is 10.5 Å². The van der Waals surface area contributed by atoms with Crippen molar-refractivity contribution in [2.24, 2.45) is 0 Å². The molecule has 0 amide bonds. The summed E-state index contributed by atoms with van der Waals surface area (Å²) in [5.74, 6) is 0.0667. The standard InChI is InChI=1S/C21H28O2Si/c1-3-11-19(17-12-7-5-8-13-17)21(16-4-2,20(22)23-24)18-14-9-6-10-15-18/h5-10,12-15,19H,3-4,11,16H2,1-2,24H3. The first kappa shape index (κ1) is 18.5. The van der Waals surface area contributed by atoms with Crippen LogP contribution >= 0.6 is 0 Å². The fourth-order valence-electron chi connectivity index (χ4n) is 3.87. The van der Waals surface area contributed by atoms with E-state index in [1.807, 2.05) is 24.3 Å². The molecule has 0 fully saturated rings. The lowest BCUT2D eigenvalue weighted by Crippen LogP contribution is -2.43. The van der Waals surface area contributed by atoms with Gasteiger partial charge in [0.15, 0.2) is 0 Å². The third-order valence-corrected chi connectivity index (χ3v) is 5.23. The van der Waals surface area contributed by atoms with E-state index in [1.54, 1.807) is 0 Å². The Hall–Kier alpha value is -1.87. The van der Waals surface area contributed by atoms with Crippen LogP contribution in [-0.2, 0) is 14.6 Å². The molecular weight excluding hydrogens is 312 g/mol. The molecule has 0 N–H and O–H groups in total. The van der Waals surface area contributed by atoms with Crippen LogP contribution in [0.4, 0.5) is 0 Å². The molecule has 0 spiro atoms. The van der Waals surface area contributed by atoms with Gasteiger partial charge >= 0.3 is 5.97 Å². The molecule has 0 heterocycles. The molecule has 0 bridgehead atoms. The Morgan fingerprint density at radius 2 is 1.58 bits per heavy atom. The molecule has 0 saturated heterocycles. The summed E-state index contributed by atoms with van der Waals surface area (Å²) in [4.78, 5) is 13.1. The van der Waals surface area contributed by atoms with Crippen LogP contribution in [0.5, 0.6) is 0 Å². The zero-order valence-corrected chi connectivity index (χ0v) is 17.0. The number of rotatable bonds is 8. The number of carbonyl (C=O) groups excluding carboxylic acids is 1. The number of hydrogen-bond acceptors (Lipinski definition) is 2. The van der Waals surface area contributed by atoms with Gasteiger partial charge in [-0.05, 0) is 24.0 Å². The second-order valence-corrected chi connectivity index (χ2v) is 6.74. The summed E-state index contributed by atoms with van der Waals surface area (Å²) in [6.07, 6.45) is 3.75. The average molecular weight is 341 g/mol. The molecule has 2 unspecified atom stereocenters. The van der Waals surface area contributed by atoms with Crippen LogP contribution < -0.4 is 0 Å². The monoisotopic (exact) mass is 340 g/mol. The Kier molecular flexibility index (Phi) is 6.80. The lowest BCUT2D eigenvalue weighted by atomic mass is 9.63. The predicted molar refractivity (Wildman–Crippen MR) is 103 cm³/mol. The van der Waals surface area contributed by atoms with E-state index in [2.05, 4.69) is 50.2 Å². The molecular formula is C21H28O2Si. The summed E-state index contributed by atoms with van der Waals surface area (Å²) in [6, 6.07) is 20.7. The third-order valence-electron chi connectivity index (χ3n) is 4.86. The predicted octanol–water partition coefficient (Wildman–Crippen LogP) is 4.13. The van der Waals surface area contributed by atoms with Crippen molar-refractivity contribution < 1.29 is 9.22 Å². The number of carbonyl (C=O) groups is 1. The van der Waals surface area contributed by atoms with E-state index in [9.17, 15) is 4.79 Å². The van der Waals surface area contributed by atoms with Gasteiger partial charge in [-0.15, -0.1) is 0 Å². The summed E-state index contributed by atoms with van der Waals surface area (Å²) in [6.45, 7) is 4.33. The Balaban J connectivity index is 2.67. The molecule has 24 heavy (non-hydrogen) atoms. The fraction of sp³-hybridized carbons (Fsp3) is 0.381. The molecule has 0 aliphatic carbocycles. The largest absolute Gasteiger partial charge is 0.528 e. The summed E-state index contributed by atoms with van der Waals surface area (Å²) < 4.78 is 5.47. The van der Waals surface area contributed by atoms with Gasteiger partial charge < -0.3 is 4.43 Å². The highest BCUT2D eigenvalue weighted by atomic mass is 28.2. The maximum Gasteiger partial charge on any atom is 0.303 e. The van der Waals surface area contributed by atoms with Gasteiger partial charge in [0, 0.05) is 5.92 Å². The van der Waals surface area contributed by atoms with Gasteiger partial charge in [0.1, 0.15) is 0 Å². The first-order valence-corrected chi connectivity index (χ1v) is 9.71. The zero-order valence-electron chi connectivity index (χ0n) is 15.0. The van der Waals surface area contributed by atoms with Gasteiger partial charge in [-0.3, -0.25) is 4.79 Å². The quantitative estimate of drug-likeness (QED) is 0.675. The van der Waals surface area contributed by atoms with Crippen LogP contribution in [0, 0.1) is 0 Å². The van der Waals surface area contributed by atoms with Crippen molar-refractivity contribution in [3.8, 4) is 0 Å². The SMILES string of the molecule is CCCC(c1ccccc1)C(CCC)(C(=O)O[SiH3])c1ccccc1. The molecule has 3 heteroatoms. The van der Waals surface area contributed by atoms with Crippen molar-refractivity contribution in [1.29, 1.82) is 0 Å². The number of hydrogen-bond donors (Lipinski definition) is 0. The van der Waals surface area contributed by atoms with Crippen LogP contribution in [0.1, 0.15) is 56.6 Å². The molecule has 2 aromatic carbocycles. The van der Waals surface area contributed by atoms with Crippen LogP contribution in [0.3, 0.4) is 0 Å². The first-order chi connectivity index (χ1) is 11.7. The van der Waals surface area contributed by atoms with Crippen molar-refractivity contribution in [1.82, 2.24) is 0 Å². The van der Waals surface area contributed by atoms with Gasteiger partial charge in [-0.1, -0.05) is 87.4 Å². The molecule has 0 aliphatic heterocycles. The molecule has 0 aliphatic rings. The average Bonchev–Trinajstić information content (AvgIpc) is 2.65. The molecule has 2 nitrogen and oxygen atoms in total. The first-order valence-electron chi connectivity index (χ1n) is 8.89. The highest BCUT2D eigenvalue weighted by molar-refractivity contribution is 6.07. The maximum atomic E-state index is 13.1. The Labute approximate surface area is 148 Å². The Bertz CT molecular complexity index is 627. The second-order valence-electron chi connectivity index (χ2n) is 6.33. The van der Waals surface area contributed by atoms with Crippen LogP contribution in [-0.4, -0.2) is 16.5 Å². The van der Waals surface area contributed by atoms with Gasteiger partial charge in [0.05, 0.1) is 5.41 Å². The zero-order chi connectivity index (χ0) is 17.4. The summed E-state index contributed by atoms with van der Waals surface area (Å²) in [7, 11) is 0.425. The van der Waals surface area contributed by atoms with E-state index < -0.39 is 5.41 Å². The van der Waals surface area contributed by atoms with Crippen molar-refractivity contribution in [3.05, 3.63) is 71.8 Å². The summed E-state index contributed by atoms with van der Waals surface area (Å²) in [5.41, 5.74) is 1.70. The van der Waals surface area contributed by atoms with Crippen molar-refractivity contribution >= 4 is 16.5 Å². The minimum atomic E-state index is -0.602. The second kappa shape index (κ2) is 8.83. The van der Waals surface area contributed by atoms with E-state index in [1.165, 1.54) is 5.56 Å². The van der Waals surface area contributed by atoms with Gasteiger partial charge in [-0.2, -0.15) is 0 Å². The summed E-state index contributed by atoms with van der Waals surface area (Å²) >= 11 is 0. The van der Waals surface area contributed by atoms with E-state index in [-0.39, 0.29) is 11.9 Å². The normalized spacial score (nSPS) is 14.8. The lowest BCUT2D eigenvalue weighted by Gasteiger charge is -2.39. The Morgan fingerprint density at radius 3 is 2.08 bits per heavy atom. The minimum absolute atomic E-state index is 0.0653. The van der Waals surface area contributed by atoms with Crippen LogP contribution in [0.25, 0.3) is 0 Å². The van der Waals surface area contributed by atoms with Gasteiger partial charge in [0.2, 0.25) is 10.5 Å². The van der Waals surface area contributed by atoms with Crippen LogP contribution in [0.2, 0.25) is 0 Å². The highest BCUT2D eigenvalue weighted by Crippen LogP contribution is 2.46. The molecule has 0 radical (unpaired) electrons. The van der Waals surface area contributed by atoms with E-state index >= 15 is 0 Å². The summed E-state index contributed by atoms with van der Waals surface area (Å²) in [5, 5.41) is 0. The van der Waals surface area contributed by atoms with Crippen molar-refractivity contribution in [2.45, 2.75) is 50.9 Å². The highest BCUT2D eigenvalue weighted by Gasteiger charge is 2.47. The number of benzene rings is 2. The third kappa shape index (κ3) is 3.62. The van der Waals surface area contributed by atoms with Gasteiger partial charge in [0.25, 0.3) is 0 Å². The molecule has 0 aromatic heterocycles.